The standard InChI is InChI=1S/C17H15N3O2S/c1-22-11-12-6-5-9-14(10-12)15(21)18-17-20-19-16(23-17)13-7-3-2-4-8-13/h2-10H,11H2,1H3,(H,18,20,21). The third kappa shape index (κ3) is 3.80. The van der Waals surface area contributed by atoms with Crippen LogP contribution < -0.4 is 5.32 Å². The van der Waals surface area contributed by atoms with Crippen LogP contribution in [0.5, 0.6) is 0 Å². The number of nitrogens with one attached hydrogen (secondary N) is 1. The number of carbonyl (C=O) groups is 1. The smallest absolute Gasteiger partial charge is 0.257 e. The summed E-state index contributed by atoms with van der Waals surface area (Å²) < 4.78 is 5.08. The molecule has 2 aromatic carbocycles. The summed E-state index contributed by atoms with van der Waals surface area (Å²) in [5.41, 5.74) is 2.49. The van der Waals surface area contributed by atoms with Crippen LogP contribution in [0.25, 0.3) is 10.6 Å². The summed E-state index contributed by atoms with van der Waals surface area (Å²) in [5.74, 6) is -0.210. The first-order valence-corrected chi connectivity index (χ1v) is 7.86. The molecule has 0 radical (unpaired) electrons. The summed E-state index contributed by atoms with van der Waals surface area (Å²) in [4.78, 5) is 12.3. The molecule has 1 aromatic heterocycles. The van der Waals surface area contributed by atoms with Crippen molar-refractivity contribution in [1.29, 1.82) is 0 Å². The molecule has 1 amide bonds. The lowest BCUT2D eigenvalue weighted by molar-refractivity contribution is 0.102. The van der Waals surface area contributed by atoms with Crippen LogP contribution in [0.3, 0.4) is 0 Å². The highest BCUT2D eigenvalue weighted by Gasteiger charge is 2.11. The van der Waals surface area contributed by atoms with E-state index < -0.39 is 0 Å². The van der Waals surface area contributed by atoms with E-state index in [2.05, 4.69) is 15.5 Å². The number of aromatic nitrogens is 2. The zero-order chi connectivity index (χ0) is 16.1. The van der Waals surface area contributed by atoms with Gasteiger partial charge in [0.1, 0.15) is 5.01 Å². The lowest BCUT2D eigenvalue weighted by Gasteiger charge is -2.04. The Kier molecular flexibility index (Phi) is 4.75. The molecule has 0 aliphatic heterocycles. The van der Waals surface area contributed by atoms with Crippen molar-refractivity contribution in [3.8, 4) is 10.6 Å². The molecule has 3 rings (SSSR count). The van der Waals surface area contributed by atoms with Gasteiger partial charge < -0.3 is 4.74 Å². The van der Waals surface area contributed by atoms with Gasteiger partial charge in [0.25, 0.3) is 5.91 Å². The van der Waals surface area contributed by atoms with Crippen molar-refractivity contribution in [3.63, 3.8) is 0 Å². The minimum Gasteiger partial charge on any atom is -0.380 e. The van der Waals surface area contributed by atoms with Crippen molar-refractivity contribution in [2.45, 2.75) is 6.61 Å². The van der Waals surface area contributed by atoms with Crippen LogP contribution >= 0.6 is 11.3 Å². The van der Waals surface area contributed by atoms with Crippen LogP contribution in [-0.4, -0.2) is 23.2 Å². The van der Waals surface area contributed by atoms with Crippen LogP contribution in [0.2, 0.25) is 0 Å². The van der Waals surface area contributed by atoms with Gasteiger partial charge in [0.15, 0.2) is 0 Å². The third-order valence-electron chi connectivity index (χ3n) is 3.17. The predicted molar refractivity (Wildman–Crippen MR) is 90.5 cm³/mol. The van der Waals surface area contributed by atoms with Crippen LogP contribution in [0.15, 0.2) is 54.6 Å². The second-order valence-corrected chi connectivity index (χ2v) is 5.84. The maximum atomic E-state index is 12.3. The summed E-state index contributed by atoms with van der Waals surface area (Å²) in [6.07, 6.45) is 0. The molecule has 3 aromatic rings. The van der Waals surface area contributed by atoms with E-state index in [0.29, 0.717) is 17.3 Å². The molecule has 0 aliphatic rings. The first-order valence-electron chi connectivity index (χ1n) is 7.04. The molecule has 0 fully saturated rings. The zero-order valence-electron chi connectivity index (χ0n) is 12.5. The van der Waals surface area contributed by atoms with Gasteiger partial charge in [-0.3, -0.25) is 10.1 Å². The second kappa shape index (κ2) is 7.13. The highest BCUT2D eigenvalue weighted by atomic mass is 32.1. The number of hydrogen-bond acceptors (Lipinski definition) is 5. The molecule has 0 unspecified atom stereocenters. The van der Waals surface area contributed by atoms with Gasteiger partial charge in [-0.1, -0.05) is 53.8 Å². The maximum absolute atomic E-state index is 12.3. The Labute approximate surface area is 138 Å². The van der Waals surface area contributed by atoms with Crippen molar-refractivity contribution in [1.82, 2.24) is 10.2 Å². The number of hydrogen-bond donors (Lipinski definition) is 1. The molecule has 0 saturated carbocycles. The number of amides is 1. The number of carbonyl (C=O) groups excluding carboxylic acids is 1. The average Bonchev–Trinajstić information content (AvgIpc) is 3.05. The van der Waals surface area contributed by atoms with E-state index in [1.807, 2.05) is 42.5 Å². The summed E-state index contributed by atoms with van der Waals surface area (Å²) in [6.45, 7) is 0.470. The Morgan fingerprint density at radius 3 is 2.74 bits per heavy atom. The van der Waals surface area contributed by atoms with Crippen molar-refractivity contribution < 1.29 is 9.53 Å². The van der Waals surface area contributed by atoms with Gasteiger partial charge in [-0.15, -0.1) is 10.2 Å². The first kappa shape index (κ1) is 15.3. The summed E-state index contributed by atoms with van der Waals surface area (Å²) in [5, 5.41) is 12.2. The topological polar surface area (TPSA) is 64.1 Å². The van der Waals surface area contributed by atoms with Crippen molar-refractivity contribution in [2.24, 2.45) is 0 Å². The maximum Gasteiger partial charge on any atom is 0.257 e. The molecule has 0 bridgehead atoms. The van der Waals surface area contributed by atoms with Crippen LogP contribution in [0, 0.1) is 0 Å². The molecule has 5 nitrogen and oxygen atoms in total. The van der Waals surface area contributed by atoms with Crippen molar-refractivity contribution >= 4 is 22.4 Å². The lowest BCUT2D eigenvalue weighted by Crippen LogP contribution is -2.12. The number of anilines is 1. The third-order valence-corrected chi connectivity index (χ3v) is 4.05. The SMILES string of the molecule is COCc1cccc(C(=O)Nc2nnc(-c3ccccc3)s2)c1. The molecule has 0 spiro atoms. The van der Waals surface area contributed by atoms with Gasteiger partial charge in [-0.2, -0.15) is 0 Å². The Balaban J connectivity index is 1.73. The molecule has 23 heavy (non-hydrogen) atoms. The van der Waals surface area contributed by atoms with Crippen LogP contribution in [0.1, 0.15) is 15.9 Å². The summed E-state index contributed by atoms with van der Waals surface area (Å²) >= 11 is 1.34. The van der Waals surface area contributed by atoms with E-state index in [9.17, 15) is 4.79 Å². The molecular weight excluding hydrogens is 310 g/mol. The number of nitrogens with zero attached hydrogens (tertiary/aromatic N) is 2. The fourth-order valence-electron chi connectivity index (χ4n) is 2.11. The van der Waals surface area contributed by atoms with Crippen LogP contribution in [0.4, 0.5) is 5.13 Å². The van der Waals surface area contributed by atoms with Gasteiger partial charge in [0.05, 0.1) is 6.61 Å². The van der Waals surface area contributed by atoms with Gasteiger partial charge in [0.2, 0.25) is 5.13 Å². The average molecular weight is 325 g/mol. The van der Waals surface area contributed by atoms with E-state index in [1.54, 1.807) is 19.2 Å². The van der Waals surface area contributed by atoms with Gasteiger partial charge >= 0.3 is 0 Å². The predicted octanol–water partition coefficient (Wildman–Crippen LogP) is 3.60. The van der Waals surface area contributed by atoms with E-state index >= 15 is 0 Å². The van der Waals surface area contributed by atoms with E-state index in [-0.39, 0.29) is 5.91 Å². The second-order valence-electron chi connectivity index (χ2n) is 4.87. The lowest BCUT2D eigenvalue weighted by atomic mass is 10.1. The van der Waals surface area contributed by atoms with Gasteiger partial charge in [-0.05, 0) is 17.7 Å². The highest BCUT2D eigenvalue weighted by Crippen LogP contribution is 2.26. The Bertz CT molecular complexity index is 802. The van der Waals surface area contributed by atoms with Crippen LogP contribution in [-0.2, 0) is 11.3 Å². The molecule has 116 valence electrons. The normalized spacial score (nSPS) is 10.5. The number of rotatable bonds is 5. The Morgan fingerprint density at radius 2 is 1.96 bits per heavy atom. The van der Waals surface area contributed by atoms with Gasteiger partial charge in [-0.25, -0.2) is 0 Å². The number of benzene rings is 2. The molecular formula is C17H15N3O2S. The molecule has 0 atom stereocenters. The molecule has 1 N–H and O–H groups in total. The summed E-state index contributed by atoms with van der Waals surface area (Å²) in [7, 11) is 1.62. The fourth-order valence-corrected chi connectivity index (χ4v) is 2.85. The van der Waals surface area contributed by atoms with E-state index in [1.165, 1.54) is 11.3 Å². The number of methoxy groups -OCH3 is 1. The van der Waals surface area contributed by atoms with Crippen molar-refractivity contribution in [2.75, 3.05) is 12.4 Å². The molecule has 6 heteroatoms. The van der Waals surface area contributed by atoms with E-state index in [4.69, 9.17) is 4.74 Å². The fraction of sp³-hybridized carbons (Fsp3) is 0.118. The zero-order valence-corrected chi connectivity index (χ0v) is 13.3. The first-order chi connectivity index (χ1) is 11.3. The van der Waals surface area contributed by atoms with Gasteiger partial charge in [0, 0.05) is 18.2 Å². The Morgan fingerprint density at radius 1 is 1.13 bits per heavy atom. The van der Waals surface area contributed by atoms with E-state index in [0.717, 1.165) is 16.1 Å². The number of ether oxygens (including phenoxy) is 1. The molecule has 1 heterocycles. The minimum atomic E-state index is -0.210. The highest BCUT2D eigenvalue weighted by molar-refractivity contribution is 7.18. The molecule has 0 saturated heterocycles. The Hall–Kier alpha value is -2.57. The monoisotopic (exact) mass is 325 g/mol. The summed E-state index contributed by atoms with van der Waals surface area (Å²) in [6, 6.07) is 17.1. The quantitative estimate of drug-likeness (QED) is 0.778. The largest absolute Gasteiger partial charge is 0.380 e. The van der Waals surface area contributed by atoms with Crippen molar-refractivity contribution in [3.05, 3.63) is 65.7 Å². The molecule has 0 aliphatic carbocycles. The minimum absolute atomic E-state index is 0.210.